The second kappa shape index (κ2) is 24.7. The first-order valence-electron chi connectivity index (χ1n) is 25.3. The third-order valence-electron chi connectivity index (χ3n) is 11.9. The zero-order valence-corrected chi connectivity index (χ0v) is 48.3. The molecule has 3 aliphatic rings. The van der Waals surface area contributed by atoms with E-state index in [9.17, 15) is 44.4 Å². The summed E-state index contributed by atoms with van der Waals surface area (Å²) in [5, 5.41) is 60.9. The molecular weight excluding hydrogens is 991 g/mol. The van der Waals surface area contributed by atoms with Crippen LogP contribution in [0, 0.1) is 0 Å². The quantitative estimate of drug-likeness (QED) is 0.0901. The third kappa shape index (κ3) is 21.0. The van der Waals surface area contributed by atoms with E-state index in [1.807, 2.05) is 33.9 Å². The molecule has 0 spiro atoms. The van der Waals surface area contributed by atoms with E-state index < -0.39 is 152 Å². The van der Waals surface area contributed by atoms with Crippen LogP contribution in [0.5, 0.6) is 0 Å². The summed E-state index contributed by atoms with van der Waals surface area (Å²) in [5.74, 6) is 0. The van der Waals surface area contributed by atoms with Crippen LogP contribution in [-0.4, -0.2) is 186 Å². The molecule has 430 valence electrons. The minimum absolute atomic E-state index is 0.224. The van der Waals surface area contributed by atoms with Gasteiger partial charge in [-0.15, -0.1) is 0 Å². The van der Waals surface area contributed by atoms with Crippen molar-refractivity contribution >= 4 is 38.8 Å². The van der Waals surface area contributed by atoms with Crippen molar-refractivity contribution in [2.75, 3.05) is 13.2 Å². The van der Waals surface area contributed by atoms with E-state index in [4.69, 9.17) is 47.1 Å². The lowest BCUT2D eigenvalue weighted by atomic mass is 9.83. The highest BCUT2D eigenvalue weighted by molar-refractivity contribution is 6.74. The van der Waals surface area contributed by atoms with Gasteiger partial charge in [0.05, 0.1) is 36.9 Å². The van der Waals surface area contributed by atoms with E-state index in [1.54, 1.807) is 104 Å². The number of ether oxygens (including phenoxy) is 9. The molecule has 2 aliphatic heterocycles. The van der Waals surface area contributed by atoms with Crippen molar-refractivity contribution in [1.29, 1.82) is 0 Å². The SMILES string of the molecule is CC(C)(C)OC(=O)NC[C@H]1O[C@H](O[C@H]2[C@H](O)[C@@H](O[C@H]3O[C@H](CO[Si](C)(C)C(C)(C)C)[C@@H](O)[C@H](NC(=O)OC(C)(C)C)[C@H]3O)[C@H](NC(=O)OC(C)(C)C)C[C@@H]2NC(=O)OC(C)(C)C)[C@H](NC(=O)OC(C)(C)C)C[C@@H]1O. The van der Waals surface area contributed by atoms with Crippen molar-refractivity contribution in [1.82, 2.24) is 26.6 Å². The number of aliphatic hydroxyl groups is 4. The van der Waals surface area contributed by atoms with Crippen molar-refractivity contribution < 1.29 is 91.5 Å². The van der Waals surface area contributed by atoms with Gasteiger partial charge in [-0.3, -0.25) is 0 Å². The van der Waals surface area contributed by atoms with Crippen LogP contribution in [0.4, 0.5) is 24.0 Å². The lowest BCUT2D eigenvalue weighted by Gasteiger charge is -2.50. The number of carbonyl (C=O) groups excluding carboxylic acids is 5. The van der Waals surface area contributed by atoms with Gasteiger partial charge in [-0.2, -0.15) is 0 Å². The fourth-order valence-corrected chi connectivity index (χ4v) is 8.66. The first kappa shape index (κ1) is 64.5. The lowest BCUT2D eigenvalue weighted by Crippen LogP contribution is -2.70. The summed E-state index contributed by atoms with van der Waals surface area (Å²) in [7, 11) is -2.53. The van der Waals surface area contributed by atoms with Crippen molar-refractivity contribution in [2.45, 2.75) is 269 Å². The third-order valence-corrected chi connectivity index (χ3v) is 16.4. The van der Waals surface area contributed by atoms with E-state index in [-0.39, 0.29) is 31.0 Å². The summed E-state index contributed by atoms with van der Waals surface area (Å²) >= 11 is 0. The summed E-state index contributed by atoms with van der Waals surface area (Å²) in [6, 6.07) is -5.33. The average molecular weight is 1080 g/mol. The molecule has 74 heavy (non-hydrogen) atoms. The summed E-state index contributed by atoms with van der Waals surface area (Å²) < 4.78 is 59.8. The maximum absolute atomic E-state index is 13.7. The predicted molar refractivity (Wildman–Crippen MR) is 270 cm³/mol. The maximum atomic E-state index is 13.7. The number of alkyl carbamates (subject to hydrolysis) is 5. The van der Waals surface area contributed by atoms with Gasteiger partial charge in [0.1, 0.15) is 70.7 Å². The first-order chi connectivity index (χ1) is 33.3. The minimum atomic E-state index is -2.53. The smallest absolute Gasteiger partial charge is 0.408 e. The lowest BCUT2D eigenvalue weighted by molar-refractivity contribution is -0.318. The Bertz CT molecular complexity index is 1890. The highest BCUT2D eigenvalue weighted by atomic mass is 28.4. The Morgan fingerprint density at radius 3 is 1.28 bits per heavy atom. The van der Waals surface area contributed by atoms with Crippen molar-refractivity contribution in [3.05, 3.63) is 0 Å². The summed E-state index contributed by atoms with van der Waals surface area (Å²) in [6.45, 7) is 34.1. The van der Waals surface area contributed by atoms with E-state index in [0.717, 1.165) is 0 Å². The Morgan fingerprint density at radius 2 is 0.865 bits per heavy atom. The highest BCUT2D eigenvalue weighted by Crippen LogP contribution is 2.38. The molecule has 0 unspecified atom stereocenters. The summed E-state index contributed by atoms with van der Waals surface area (Å²) in [6.07, 6.45) is -21.0. The molecule has 25 heteroatoms. The van der Waals surface area contributed by atoms with E-state index in [0.29, 0.717) is 0 Å². The van der Waals surface area contributed by atoms with Gasteiger partial charge in [-0.1, -0.05) is 20.8 Å². The van der Waals surface area contributed by atoms with Crippen LogP contribution in [0.2, 0.25) is 18.1 Å². The second-order valence-electron chi connectivity index (χ2n) is 25.7. The fourth-order valence-electron chi connectivity index (χ4n) is 7.65. The second-order valence-corrected chi connectivity index (χ2v) is 30.5. The molecule has 2 saturated heterocycles. The molecule has 0 bridgehead atoms. The Labute approximate surface area is 438 Å². The van der Waals surface area contributed by atoms with Gasteiger partial charge < -0.3 is 94.1 Å². The highest BCUT2D eigenvalue weighted by Gasteiger charge is 2.55. The molecule has 9 N–H and O–H groups in total. The number of hydrogen-bond donors (Lipinski definition) is 9. The molecule has 0 aromatic heterocycles. The molecule has 1 saturated carbocycles. The predicted octanol–water partition coefficient (Wildman–Crippen LogP) is 4.56. The Balaban J connectivity index is 2.22. The van der Waals surface area contributed by atoms with Crippen LogP contribution < -0.4 is 26.6 Å². The first-order valence-corrected chi connectivity index (χ1v) is 28.2. The molecule has 0 aromatic carbocycles. The van der Waals surface area contributed by atoms with Crippen LogP contribution in [0.25, 0.3) is 0 Å². The number of amides is 5. The van der Waals surface area contributed by atoms with Gasteiger partial charge in [-0.25, -0.2) is 24.0 Å². The van der Waals surface area contributed by atoms with Gasteiger partial charge in [0.2, 0.25) is 0 Å². The number of nitrogens with one attached hydrogen (secondary N) is 5. The van der Waals surface area contributed by atoms with E-state index in [2.05, 4.69) is 26.6 Å². The number of aliphatic hydroxyl groups excluding tert-OH is 4. The standard InChI is InChI=1S/C49H91N5O19Si/c1-44(2,3)69-39(59)50-23-29-28(55)22-27(53-42(62)72-47(10,11)12)37(65-29)67-35-25(51-40(60)70-45(4,5)6)21-26(52-41(61)71-46(7,8)9)36(34(35)58)68-38-33(57)31(54-43(63)73-48(13,14)15)32(56)30(66-38)24-64-74(19,20)49(16,17)18/h25-38,55-58H,21-24H2,1-20H3,(H,50,59)(H,51,60)(H,52,61)(H,53,62)(H,54,63)/t25-,26+,27+,28-,29+,30+,31-,32+,33+,34-,35+,36-,37+,38+/m0/s1. The topological polar surface area (TPSA) is 319 Å². The van der Waals surface area contributed by atoms with Crippen LogP contribution in [0.1, 0.15) is 137 Å². The largest absolute Gasteiger partial charge is 0.444 e. The average Bonchev–Trinajstić information content (AvgIpc) is 3.16. The molecule has 1 aliphatic carbocycles. The minimum Gasteiger partial charge on any atom is -0.444 e. The van der Waals surface area contributed by atoms with Gasteiger partial charge in [0.15, 0.2) is 20.9 Å². The van der Waals surface area contributed by atoms with E-state index in [1.165, 1.54) is 0 Å². The van der Waals surface area contributed by atoms with Crippen molar-refractivity contribution in [3.63, 3.8) is 0 Å². The molecule has 5 amide bonds. The molecule has 24 nitrogen and oxygen atoms in total. The van der Waals surface area contributed by atoms with Crippen LogP contribution in [0.15, 0.2) is 0 Å². The molecule has 3 rings (SSSR count). The normalized spacial score (nSPS) is 30.5. The van der Waals surface area contributed by atoms with Crippen LogP contribution in [-0.2, 0) is 47.1 Å². The van der Waals surface area contributed by atoms with Gasteiger partial charge >= 0.3 is 30.5 Å². The van der Waals surface area contributed by atoms with Gasteiger partial charge in [0.25, 0.3) is 0 Å². The summed E-state index contributed by atoms with van der Waals surface area (Å²) in [5.41, 5.74) is -4.83. The molecule has 3 fully saturated rings. The Kier molecular flexibility index (Phi) is 21.5. The number of rotatable bonds is 13. The zero-order chi connectivity index (χ0) is 56.9. The Morgan fingerprint density at radius 1 is 0.486 bits per heavy atom. The molecule has 0 radical (unpaired) electrons. The monoisotopic (exact) mass is 1080 g/mol. The number of carbonyl (C=O) groups is 5. The Hall–Kier alpha value is -3.79. The molecular formula is C49H91N5O19Si. The zero-order valence-electron chi connectivity index (χ0n) is 47.3. The molecule has 0 aromatic rings. The molecule has 2 heterocycles. The van der Waals surface area contributed by atoms with E-state index >= 15 is 0 Å². The fraction of sp³-hybridized carbons (Fsp3) is 0.898. The van der Waals surface area contributed by atoms with Gasteiger partial charge in [-0.05, 0) is 128 Å². The maximum Gasteiger partial charge on any atom is 0.408 e. The van der Waals surface area contributed by atoms with Gasteiger partial charge in [0, 0.05) is 13.0 Å². The number of hydrogen-bond acceptors (Lipinski definition) is 19. The van der Waals surface area contributed by atoms with Crippen molar-refractivity contribution in [2.24, 2.45) is 0 Å². The summed E-state index contributed by atoms with van der Waals surface area (Å²) in [4.78, 5) is 66.7. The van der Waals surface area contributed by atoms with Crippen LogP contribution in [0.3, 0.4) is 0 Å². The van der Waals surface area contributed by atoms with Crippen LogP contribution >= 0.6 is 0 Å². The molecule has 14 atom stereocenters. The van der Waals surface area contributed by atoms with Crippen molar-refractivity contribution in [3.8, 4) is 0 Å².